The van der Waals surface area contributed by atoms with Crippen LogP contribution in [0.1, 0.15) is 28.8 Å². The summed E-state index contributed by atoms with van der Waals surface area (Å²) in [5, 5.41) is 1.11. The van der Waals surface area contributed by atoms with Gasteiger partial charge in [0.2, 0.25) is 0 Å². The van der Waals surface area contributed by atoms with Crippen LogP contribution < -0.4 is 10.5 Å². The predicted molar refractivity (Wildman–Crippen MR) is 156 cm³/mol. The molecule has 0 radical (unpaired) electrons. The summed E-state index contributed by atoms with van der Waals surface area (Å²) in [7, 11) is 2.04. The molecule has 0 spiro atoms. The molecule has 2 aromatic carbocycles. The van der Waals surface area contributed by atoms with Gasteiger partial charge in [-0.3, -0.25) is 4.79 Å². The van der Waals surface area contributed by atoms with Crippen LogP contribution in [0.25, 0.3) is 33.5 Å². The van der Waals surface area contributed by atoms with Crippen LogP contribution in [0.4, 0.5) is 4.39 Å². The van der Waals surface area contributed by atoms with Gasteiger partial charge >= 0.3 is 0 Å². The first kappa shape index (κ1) is 25.8. The van der Waals surface area contributed by atoms with E-state index in [4.69, 9.17) is 15.5 Å². The molecule has 212 valence electrons. The number of hydrogen-bond acceptors (Lipinski definition) is 5. The van der Waals surface area contributed by atoms with E-state index in [2.05, 4.69) is 32.3 Å². The lowest BCUT2D eigenvalue weighted by Gasteiger charge is -2.30. The Morgan fingerprint density at radius 2 is 2.10 bits per heavy atom. The number of fused-ring (bicyclic) bond motifs is 3. The maximum absolute atomic E-state index is 13.3. The molecule has 7 rings (SSSR count). The van der Waals surface area contributed by atoms with Crippen molar-refractivity contribution in [3.63, 3.8) is 0 Å². The number of amides is 1. The number of aryl methyl sites for hydroxylation is 1. The first-order chi connectivity index (χ1) is 20.0. The Morgan fingerprint density at radius 1 is 1.22 bits per heavy atom. The van der Waals surface area contributed by atoms with E-state index in [0.717, 1.165) is 57.9 Å². The largest absolute Gasteiger partial charge is 0.490 e. The zero-order valence-corrected chi connectivity index (χ0v) is 23.2. The number of halogens is 1. The molecule has 9 nitrogen and oxygen atoms in total. The number of carbonyl (C=O) groups excluding carboxylic acids is 1. The van der Waals surface area contributed by atoms with Crippen molar-refractivity contribution in [2.45, 2.75) is 38.4 Å². The highest BCUT2D eigenvalue weighted by molar-refractivity contribution is 6.01. The quantitative estimate of drug-likeness (QED) is 0.279. The van der Waals surface area contributed by atoms with Crippen molar-refractivity contribution in [1.82, 2.24) is 28.6 Å². The zero-order valence-electron chi connectivity index (χ0n) is 23.2. The topological polar surface area (TPSA) is 96.1 Å². The number of alkyl halides is 1. The summed E-state index contributed by atoms with van der Waals surface area (Å²) in [6.45, 7) is 2.27. The van der Waals surface area contributed by atoms with E-state index in [1.165, 1.54) is 12.8 Å². The zero-order chi connectivity index (χ0) is 28.1. The number of nitrogens with zero attached hydrogens (tertiary/aromatic N) is 6. The molecule has 1 unspecified atom stereocenters. The van der Waals surface area contributed by atoms with E-state index in [9.17, 15) is 9.18 Å². The number of para-hydroxylation sites is 1. The molecule has 2 N–H and O–H groups in total. The van der Waals surface area contributed by atoms with Crippen LogP contribution in [0.5, 0.6) is 5.75 Å². The van der Waals surface area contributed by atoms with E-state index < -0.39 is 12.7 Å². The Labute approximate surface area is 237 Å². The fourth-order valence-corrected chi connectivity index (χ4v) is 5.97. The van der Waals surface area contributed by atoms with Gasteiger partial charge in [-0.2, -0.15) is 0 Å². The van der Waals surface area contributed by atoms with Crippen LogP contribution in [0.2, 0.25) is 0 Å². The van der Waals surface area contributed by atoms with Gasteiger partial charge in [-0.15, -0.1) is 0 Å². The average Bonchev–Trinajstić information content (AvgIpc) is 3.35. The van der Waals surface area contributed by atoms with Gasteiger partial charge < -0.3 is 29.1 Å². The summed E-state index contributed by atoms with van der Waals surface area (Å²) in [6.07, 6.45) is 8.66. The standard InChI is InChI=1S/C31H34FN7O2/c1-36-26-13-21-7-9-38(18-23(33)16-32)31(40)24(21)15-25(26)35-30(36)27-14-22-3-2-4-28(29(22)39(27)17-20-5-6-20)41-12-11-37-10-8-34-19-37/h2-4,8,10,13-15,19-20,23H,5-7,9,11-12,16-18,33H2,1H3. The van der Waals surface area contributed by atoms with Gasteiger partial charge in [-0.05, 0) is 55.0 Å². The van der Waals surface area contributed by atoms with Gasteiger partial charge in [0.1, 0.15) is 19.0 Å². The minimum Gasteiger partial charge on any atom is -0.490 e. The Kier molecular flexibility index (Phi) is 6.50. The van der Waals surface area contributed by atoms with Crippen LogP contribution >= 0.6 is 0 Å². The second-order valence-electron chi connectivity index (χ2n) is 11.3. The Hall–Kier alpha value is -4.18. The van der Waals surface area contributed by atoms with Gasteiger partial charge in [-0.1, -0.05) is 12.1 Å². The Balaban J connectivity index is 1.27. The number of hydrogen-bond donors (Lipinski definition) is 1. The molecule has 41 heavy (non-hydrogen) atoms. The smallest absolute Gasteiger partial charge is 0.254 e. The molecule has 1 amide bonds. The maximum atomic E-state index is 13.3. The van der Waals surface area contributed by atoms with Crippen molar-refractivity contribution in [3.05, 3.63) is 66.2 Å². The molecule has 10 heteroatoms. The molecular formula is C31H34FN7O2. The fraction of sp³-hybridized carbons (Fsp3) is 0.387. The SMILES string of the molecule is Cn1c(-c2cc3cccc(OCCn4ccnc4)c3n2CC2CC2)nc2cc3c(cc21)CCN(CC(N)CF)C3=O. The molecule has 1 aliphatic carbocycles. The molecule has 5 aromatic rings. The predicted octanol–water partition coefficient (Wildman–Crippen LogP) is 4.18. The van der Waals surface area contributed by atoms with Crippen molar-refractivity contribution in [3.8, 4) is 17.3 Å². The molecule has 3 aromatic heterocycles. The molecule has 0 bridgehead atoms. The molecule has 4 heterocycles. The van der Waals surface area contributed by atoms with Crippen LogP contribution in [0.15, 0.2) is 55.1 Å². The number of carbonyl (C=O) groups is 1. The number of nitrogens with two attached hydrogens (primary N) is 1. The van der Waals surface area contributed by atoms with E-state index in [-0.39, 0.29) is 12.5 Å². The Morgan fingerprint density at radius 3 is 2.88 bits per heavy atom. The number of benzene rings is 2. The number of ether oxygens (including phenoxy) is 1. The first-order valence-electron chi connectivity index (χ1n) is 14.3. The van der Waals surface area contributed by atoms with Crippen LogP contribution in [-0.2, 0) is 26.6 Å². The van der Waals surface area contributed by atoms with Gasteiger partial charge in [0.25, 0.3) is 5.91 Å². The van der Waals surface area contributed by atoms with Crippen LogP contribution in [-0.4, -0.2) is 66.9 Å². The summed E-state index contributed by atoms with van der Waals surface area (Å²) in [5.74, 6) is 2.25. The maximum Gasteiger partial charge on any atom is 0.254 e. The fourth-order valence-electron chi connectivity index (χ4n) is 5.97. The summed E-state index contributed by atoms with van der Waals surface area (Å²) in [6, 6.07) is 11.7. The lowest BCUT2D eigenvalue weighted by molar-refractivity contribution is 0.0725. The van der Waals surface area contributed by atoms with Crippen LogP contribution in [0.3, 0.4) is 0 Å². The number of rotatable bonds is 10. The third kappa shape index (κ3) is 4.76. The van der Waals surface area contributed by atoms with Gasteiger partial charge in [-0.25, -0.2) is 14.4 Å². The molecule has 1 atom stereocenters. The minimum absolute atomic E-state index is 0.107. The molecular weight excluding hydrogens is 521 g/mol. The molecule has 1 fully saturated rings. The van der Waals surface area contributed by atoms with Crippen molar-refractivity contribution < 1.29 is 13.9 Å². The summed E-state index contributed by atoms with van der Waals surface area (Å²) < 4.78 is 25.9. The van der Waals surface area contributed by atoms with Crippen LogP contribution in [0, 0.1) is 5.92 Å². The summed E-state index contributed by atoms with van der Waals surface area (Å²) in [4.78, 5) is 24.1. The summed E-state index contributed by atoms with van der Waals surface area (Å²) in [5.41, 5.74) is 11.3. The monoisotopic (exact) mass is 555 g/mol. The normalized spacial score (nSPS) is 16.1. The van der Waals surface area contributed by atoms with E-state index in [1.54, 1.807) is 17.4 Å². The van der Waals surface area contributed by atoms with E-state index in [1.807, 2.05) is 36.0 Å². The third-order valence-corrected chi connectivity index (χ3v) is 8.34. The van der Waals surface area contributed by atoms with Crippen molar-refractivity contribution in [2.24, 2.45) is 18.7 Å². The second kappa shape index (κ2) is 10.3. The Bertz CT molecular complexity index is 1730. The van der Waals surface area contributed by atoms with Crippen molar-refractivity contribution >= 4 is 27.8 Å². The molecule has 2 aliphatic rings. The average molecular weight is 556 g/mol. The van der Waals surface area contributed by atoms with Gasteiger partial charge in [0.05, 0.1) is 41.2 Å². The minimum atomic E-state index is -0.668. The third-order valence-electron chi connectivity index (χ3n) is 8.34. The van der Waals surface area contributed by atoms with Crippen molar-refractivity contribution in [1.29, 1.82) is 0 Å². The molecule has 1 saturated carbocycles. The highest BCUT2D eigenvalue weighted by Crippen LogP contribution is 2.39. The lowest BCUT2D eigenvalue weighted by Crippen LogP contribution is -2.45. The lowest BCUT2D eigenvalue weighted by atomic mass is 9.97. The van der Waals surface area contributed by atoms with E-state index >= 15 is 0 Å². The highest BCUT2D eigenvalue weighted by atomic mass is 19.1. The number of aromatic nitrogens is 5. The molecule has 1 aliphatic heterocycles. The summed E-state index contributed by atoms with van der Waals surface area (Å²) >= 11 is 0. The highest BCUT2D eigenvalue weighted by Gasteiger charge is 2.29. The van der Waals surface area contributed by atoms with Crippen molar-refractivity contribution in [2.75, 3.05) is 26.4 Å². The van der Waals surface area contributed by atoms with Gasteiger partial charge in [0.15, 0.2) is 5.82 Å². The molecule has 0 saturated heterocycles. The second-order valence-corrected chi connectivity index (χ2v) is 11.3. The van der Waals surface area contributed by atoms with Gasteiger partial charge in [0, 0.05) is 50.0 Å². The number of imidazole rings is 2. The first-order valence-corrected chi connectivity index (χ1v) is 14.3. The van der Waals surface area contributed by atoms with E-state index in [0.29, 0.717) is 31.1 Å².